The van der Waals surface area contributed by atoms with Gasteiger partial charge in [-0.15, -0.1) is 0 Å². The highest BCUT2D eigenvalue weighted by Gasteiger charge is 2.24. The number of esters is 1. The van der Waals surface area contributed by atoms with Crippen molar-refractivity contribution in [3.8, 4) is 0 Å². The normalized spacial score (nSPS) is 13.7. The lowest BCUT2D eigenvalue weighted by Gasteiger charge is -2.36. The molecule has 10 nitrogen and oxygen atoms in total. The molecule has 11 heteroatoms. The summed E-state index contributed by atoms with van der Waals surface area (Å²) in [7, 11) is 0. The number of Topliss-reactive ketones (excluding diaryl/α,β-unsaturated/α-hetero) is 1. The van der Waals surface area contributed by atoms with Crippen LogP contribution in [0.4, 0.5) is 10.1 Å². The number of hydrogen-bond donors (Lipinski definition) is 1. The van der Waals surface area contributed by atoms with Crippen molar-refractivity contribution in [3.63, 3.8) is 0 Å². The van der Waals surface area contributed by atoms with Crippen molar-refractivity contribution in [2.45, 2.75) is 13.5 Å². The molecule has 1 aliphatic heterocycles. The molecule has 4 rings (SSSR count). The number of ketones is 1. The zero-order valence-electron chi connectivity index (χ0n) is 19.0. The Bertz CT molecular complexity index is 1420. The highest BCUT2D eigenvalue weighted by molar-refractivity contribution is 5.94. The Morgan fingerprint density at radius 1 is 1.00 bits per heavy atom. The van der Waals surface area contributed by atoms with Crippen LogP contribution in [0.1, 0.15) is 17.3 Å². The zero-order valence-corrected chi connectivity index (χ0v) is 19.0. The molecule has 0 spiro atoms. The number of rotatable bonds is 6. The maximum absolute atomic E-state index is 14.4. The van der Waals surface area contributed by atoms with E-state index in [1.54, 1.807) is 29.2 Å². The SMILES string of the molecule is CC(=O)c1ccc(N2CCN(C(=O)COC(=O)Cn3[nH]c(=O)c4ccccc4c3=O)CC2)c(F)c1. The molecule has 182 valence electrons. The quantitative estimate of drug-likeness (QED) is 0.410. The fraction of sp³-hybridized carbons (Fsp3) is 0.292. The number of aromatic nitrogens is 2. The van der Waals surface area contributed by atoms with Gasteiger partial charge in [0.2, 0.25) is 0 Å². The number of hydrogen-bond acceptors (Lipinski definition) is 7. The van der Waals surface area contributed by atoms with Gasteiger partial charge in [-0.3, -0.25) is 29.1 Å². The van der Waals surface area contributed by atoms with Gasteiger partial charge in [0.15, 0.2) is 12.4 Å². The molecule has 3 aromatic rings. The summed E-state index contributed by atoms with van der Waals surface area (Å²) in [4.78, 5) is 64.0. The summed E-state index contributed by atoms with van der Waals surface area (Å²) in [5.74, 6) is -2.01. The van der Waals surface area contributed by atoms with Crippen molar-refractivity contribution in [2.24, 2.45) is 0 Å². The summed E-state index contributed by atoms with van der Waals surface area (Å²) in [6.07, 6.45) is 0. The van der Waals surface area contributed by atoms with Crippen LogP contribution in [-0.2, 0) is 20.9 Å². The van der Waals surface area contributed by atoms with Gasteiger partial charge in [0.05, 0.1) is 16.5 Å². The van der Waals surface area contributed by atoms with E-state index in [1.165, 1.54) is 30.0 Å². The van der Waals surface area contributed by atoms with Gasteiger partial charge in [-0.25, -0.2) is 9.07 Å². The highest BCUT2D eigenvalue weighted by atomic mass is 19.1. The van der Waals surface area contributed by atoms with E-state index in [1.807, 2.05) is 0 Å². The number of amides is 1. The summed E-state index contributed by atoms with van der Waals surface area (Å²) in [6.45, 7) is 1.62. The van der Waals surface area contributed by atoms with Crippen LogP contribution in [0.25, 0.3) is 10.8 Å². The van der Waals surface area contributed by atoms with Gasteiger partial charge >= 0.3 is 5.97 Å². The number of benzene rings is 2. The fourth-order valence-corrected chi connectivity index (χ4v) is 3.95. The molecule has 2 aromatic carbocycles. The molecule has 35 heavy (non-hydrogen) atoms. The number of carbonyl (C=O) groups excluding carboxylic acids is 3. The smallest absolute Gasteiger partial charge is 0.328 e. The van der Waals surface area contributed by atoms with Crippen molar-refractivity contribution in [1.82, 2.24) is 14.7 Å². The van der Waals surface area contributed by atoms with Crippen molar-refractivity contribution in [2.75, 3.05) is 37.7 Å². The molecule has 1 aromatic heterocycles. The van der Waals surface area contributed by atoms with Gasteiger partial charge in [-0.05, 0) is 37.3 Å². The number of nitrogens with one attached hydrogen (secondary N) is 1. The third kappa shape index (κ3) is 5.13. The van der Waals surface area contributed by atoms with Crippen LogP contribution in [0.3, 0.4) is 0 Å². The average molecular weight is 482 g/mol. The lowest BCUT2D eigenvalue weighted by molar-refractivity contribution is -0.152. The number of piperazine rings is 1. The van der Waals surface area contributed by atoms with Crippen LogP contribution in [-0.4, -0.2) is 65.1 Å². The van der Waals surface area contributed by atoms with Gasteiger partial charge in [-0.2, -0.15) is 0 Å². The minimum absolute atomic E-state index is 0.172. The van der Waals surface area contributed by atoms with E-state index in [2.05, 4.69) is 5.10 Å². The van der Waals surface area contributed by atoms with Crippen LogP contribution in [0.5, 0.6) is 0 Å². The topological polar surface area (TPSA) is 122 Å². The monoisotopic (exact) mass is 482 g/mol. The molecule has 1 saturated heterocycles. The standard InChI is InChI=1S/C24H23FN4O6/c1-15(30)16-6-7-20(19(25)12-16)27-8-10-28(11-9-27)21(31)14-35-22(32)13-29-24(34)18-5-3-2-4-17(18)23(33)26-29/h2-7,12H,8-11,13-14H2,1H3,(H,26,33). The first-order valence-electron chi connectivity index (χ1n) is 11.0. The Morgan fingerprint density at radius 2 is 1.69 bits per heavy atom. The molecular formula is C24H23FN4O6. The number of nitrogens with zero attached hydrogens (tertiary/aromatic N) is 3. The Morgan fingerprint density at radius 3 is 2.34 bits per heavy atom. The second-order valence-electron chi connectivity index (χ2n) is 8.13. The van der Waals surface area contributed by atoms with Gasteiger partial charge in [0.1, 0.15) is 12.4 Å². The van der Waals surface area contributed by atoms with Crippen LogP contribution >= 0.6 is 0 Å². The van der Waals surface area contributed by atoms with Gasteiger partial charge < -0.3 is 14.5 Å². The number of carbonyl (C=O) groups is 3. The predicted octanol–water partition coefficient (Wildman–Crippen LogP) is 0.923. The largest absolute Gasteiger partial charge is 0.454 e. The van der Waals surface area contributed by atoms with Crippen molar-refractivity contribution in [1.29, 1.82) is 0 Å². The van der Waals surface area contributed by atoms with E-state index in [-0.39, 0.29) is 22.1 Å². The minimum Gasteiger partial charge on any atom is -0.454 e. The summed E-state index contributed by atoms with van der Waals surface area (Å²) in [6, 6.07) is 10.5. The maximum Gasteiger partial charge on any atom is 0.328 e. The molecule has 2 heterocycles. The molecule has 0 aliphatic carbocycles. The maximum atomic E-state index is 14.4. The Labute approximate surface area is 198 Å². The number of halogens is 1. The first-order valence-corrected chi connectivity index (χ1v) is 11.0. The van der Waals surface area contributed by atoms with E-state index in [9.17, 15) is 28.4 Å². The lowest BCUT2D eigenvalue weighted by Crippen LogP contribution is -2.50. The third-order valence-electron chi connectivity index (χ3n) is 5.85. The molecule has 0 bridgehead atoms. The second kappa shape index (κ2) is 9.92. The number of fused-ring (bicyclic) bond motifs is 1. The van der Waals surface area contributed by atoms with E-state index >= 15 is 0 Å². The average Bonchev–Trinajstić information content (AvgIpc) is 2.85. The number of aromatic amines is 1. The number of anilines is 1. The molecule has 1 amide bonds. The van der Waals surface area contributed by atoms with Crippen LogP contribution in [0.2, 0.25) is 0 Å². The predicted molar refractivity (Wildman–Crippen MR) is 125 cm³/mol. The molecule has 0 saturated carbocycles. The van der Waals surface area contributed by atoms with Crippen LogP contribution < -0.4 is 16.0 Å². The van der Waals surface area contributed by atoms with E-state index in [0.717, 1.165) is 4.68 Å². The van der Waals surface area contributed by atoms with Crippen molar-refractivity contribution < 1.29 is 23.5 Å². The first-order chi connectivity index (χ1) is 16.7. The summed E-state index contributed by atoms with van der Waals surface area (Å²) < 4.78 is 20.3. The van der Waals surface area contributed by atoms with Gasteiger partial charge in [0.25, 0.3) is 17.0 Å². The second-order valence-corrected chi connectivity index (χ2v) is 8.13. The summed E-state index contributed by atoms with van der Waals surface area (Å²) in [5, 5.41) is 2.72. The van der Waals surface area contributed by atoms with Crippen molar-refractivity contribution >= 4 is 34.1 Å². The molecule has 1 fully saturated rings. The molecule has 0 radical (unpaired) electrons. The highest BCUT2D eigenvalue weighted by Crippen LogP contribution is 2.22. The Kier molecular flexibility index (Phi) is 6.76. The van der Waals surface area contributed by atoms with E-state index in [0.29, 0.717) is 31.9 Å². The zero-order chi connectivity index (χ0) is 25.1. The molecular weight excluding hydrogens is 459 g/mol. The lowest BCUT2D eigenvalue weighted by atomic mass is 10.1. The van der Waals surface area contributed by atoms with Gasteiger partial charge in [-0.1, -0.05) is 12.1 Å². The fourth-order valence-electron chi connectivity index (χ4n) is 3.95. The van der Waals surface area contributed by atoms with Crippen molar-refractivity contribution in [3.05, 3.63) is 74.6 Å². The molecule has 0 unspecified atom stereocenters. The third-order valence-corrected chi connectivity index (χ3v) is 5.85. The number of H-pyrrole nitrogens is 1. The summed E-state index contributed by atoms with van der Waals surface area (Å²) >= 11 is 0. The number of ether oxygens (including phenoxy) is 1. The molecule has 1 aliphatic rings. The molecule has 0 atom stereocenters. The molecule has 1 N–H and O–H groups in total. The minimum atomic E-state index is -0.849. The van der Waals surface area contributed by atoms with E-state index < -0.39 is 42.0 Å². The summed E-state index contributed by atoms with van der Waals surface area (Å²) in [5.41, 5.74) is -0.433. The first kappa shape index (κ1) is 23.9. The van der Waals surface area contributed by atoms with Gasteiger partial charge in [0, 0.05) is 31.7 Å². The van der Waals surface area contributed by atoms with Crippen LogP contribution in [0, 0.1) is 5.82 Å². The van der Waals surface area contributed by atoms with E-state index in [4.69, 9.17) is 4.74 Å². The van der Waals surface area contributed by atoms with Crippen LogP contribution in [0.15, 0.2) is 52.1 Å². The Balaban J connectivity index is 1.31. The Hall–Kier alpha value is -4.28.